The van der Waals surface area contributed by atoms with E-state index >= 15 is 0 Å². The third-order valence-corrected chi connectivity index (χ3v) is 3.64. The summed E-state index contributed by atoms with van der Waals surface area (Å²) in [5, 5.41) is 3.41. The number of fused-ring (bicyclic) bond motifs is 1. The Morgan fingerprint density at radius 3 is 3.12 bits per heavy atom. The number of rotatable bonds is 3. The van der Waals surface area contributed by atoms with Crippen LogP contribution < -0.4 is 5.32 Å². The van der Waals surface area contributed by atoms with Gasteiger partial charge in [0.15, 0.2) is 0 Å². The first-order valence-electron chi connectivity index (χ1n) is 5.39. The van der Waals surface area contributed by atoms with Gasteiger partial charge in [-0.05, 0) is 19.1 Å². The molecule has 0 atom stereocenters. The predicted molar refractivity (Wildman–Crippen MR) is 69.4 cm³/mol. The molecule has 0 unspecified atom stereocenters. The van der Waals surface area contributed by atoms with E-state index in [1.165, 1.54) is 4.88 Å². The van der Waals surface area contributed by atoms with Crippen molar-refractivity contribution in [1.82, 2.24) is 14.4 Å². The molecule has 0 fully saturated rings. The van der Waals surface area contributed by atoms with E-state index in [4.69, 9.17) is 0 Å². The number of aromatic nitrogens is 3. The number of aryl methyl sites for hydroxylation is 1. The Morgan fingerprint density at radius 2 is 2.29 bits per heavy atom. The lowest BCUT2D eigenvalue weighted by molar-refractivity contribution is 1.07. The number of hydrogen-bond donors (Lipinski definition) is 1. The van der Waals surface area contributed by atoms with Gasteiger partial charge >= 0.3 is 0 Å². The maximum absolute atomic E-state index is 4.26. The molecule has 0 bridgehead atoms. The second kappa shape index (κ2) is 4.18. The smallest absolute Gasteiger partial charge is 0.138 e. The topological polar surface area (TPSA) is 42.2 Å². The first-order valence-corrected chi connectivity index (χ1v) is 6.27. The lowest BCUT2D eigenvalue weighted by Crippen LogP contribution is -2.03. The van der Waals surface area contributed by atoms with Crippen molar-refractivity contribution in [2.24, 2.45) is 0 Å². The SMILES string of the molecule is Cc1ncsc1CNc1cccc2nccn12. The zero-order valence-electron chi connectivity index (χ0n) is 9.42. The zero-order chi connectivity index (χ0) is 11.7. The minimum atomic E-state index is 0.799. The third kappa shape index (κ3) is 1.89. The van der Waals surface area contributed by atoms with E-state index in [2.05, 4.69) is 15.3 Å². The molecule has 4 nitrogen and oxygen atoms in total. The van der Waals surface area contributed by atoms with Crippen LogP contribution in [0.5, 0.6) is 0 Å². The summed E-state index contributed by atoms with van der Waals surface area (Å²) in [5.74, 6) is 1.05. The molecule has 0 saturated carbocycles. The second-order valence-electron chi connectivity index (χ2n) is 3.78. The summed E-state index contributed by atoms with van der Waals surface area (Å²) in [6.07, 6.45) is 3.76. The first-order chi connectivity index (χ1) is 8.34. The Balaban J connectivity index is 1.86. The Hall–Kier alpha value is -1.88. The van der Waals surface area contributed by atoms with Crippen LogP contribution in [0.3, 0.4) is 0 Å². The number of thiazole rings is 1. The van der Waals surface area contributed by atoms with Crippen LogP contribution in [-0.4, -0.2) is 14.4 Å². The first kappa shape index (κ1) is 10.3. The molecule has 0 radical (unpaired) electrons. The highest BCUT2D eigenvalue weighted by Crippen LogP contribution is 2.16. The number of nitrogens with zero attached hydrogens (tertiary/aromatic N) is 3. The van der Waals surface area contributed by atoms with Crippen LogP contribution in [0.25, 0.3) is 5.65 Å². The van der Waals surface area contributed by atoms with Gasteiger partial charge in [0.25, 0.3) is 0 Å². The predicted octanol–water partition coefficient (Wildman–Crippen LogP) is 2.71. The van der Waals surface area contributed by atoms with Crippen LogP contribution in [0.1, 0.15) is 10.6 Å². The van der Waals surface area contributed by atoms with Gasteiger partial charge in [-0.15, -0.1) is 11.3 Å². The molecule has 3 heterocycles. The molecule has 3 aromatic rings. The lowest BCUT2D eigenvalue weighted by atomic mass is 10.4. The lowest BCUT2D eigenvalue weighted by Gasteiger charge is -2.07. The van der Waals surface area contributed by atoms with Gasteiger partial charge in [-0.25, -0.2) is 9.97 Å². The van der Waals surface area contributed by atoms with Crippen molar-refractivity contribution in [3.8, 4) is 0 Å². The van der Waals surface area contributed by atoms with Gasteiger partial charge < -0.3 is 5.32 Å². The summed E-state index contributed by atoms with van der Waals surface area (Å²) >= 11 is 1.68. The van der Waals surface area contributed by atoms with Crippen molar-refractivity contribution in [2.75, 3.05) is 5.32 Å². The van der Waals surface area contributed by atoms with Crippen LogP contribution >= 0.6 is 11.3 Å². The monoisotopic (exact) mass is 244 g/mol. The molecule has 0 aromatic carbocycles. The highest BCUT2D eigenvalue weighted by molar-refractivity contribution is 7.09. The van der Waals surface area contributed by atoms with E-state index < -0.39 is 0 Å². The van der Waals surface area contributed by atoms with Crippen molar-refractivity contribution in [3.63, 3.8) is 0 Å². The third-order valence-electron chi connectivity index (χ3n) is 2.70. The summed E-state index contributed by atoms with van der Waals surface area (Å²) in [6.45, 7) is 2.83. The Labute approximate surface area is 103 Å². The fourth-order valence-electron chi connectivity index (χ4n) is 1.76. The highest BCUT2D eigenvalue weighted by atomic mass is 32.1. The van der Waals surface area contributed by atoms with Crippen LogP contribution in [-0.2, 0) is 6.54 Å². The van der Waals surface area contributed by atoms with Gasteiger partial charge in [0.2, 0.25) is 0 Å². The summed E-state index contributed by atoms with van der Waals surface area (Å²) < 4.78 is 2.04. The zero-order valence-corrected chi connectivity index (χ0v) is 10.2. The second-order valence-corrected chi connectivity index (χ2v) is 4.72. The molecule has 86 valence electrons. The van der Waals surface area contributed by atoms with Crippen molar-refractivity contribution < 1.29 is 0 Å². The normalized spacial score (nSPS) is 10.9. The van der Waals surface area contributed by atoms with E-state index in [-0.39, 0.29) is 0 Å². The number of hydrogen-bond acceptors (Lipinski definition) is 4. The molecular formula is C12H12N4S. The minimum Gasteiger partial charge on any atom is -0.366 e. The molecule has 3 rings (SSSR count). The molecule has 0 aliphatic heterocycles. The molecule has 0 aliphatic carbocycles. The molecule has 17 heavy (non-hydrogen) atoms. The largest absolute Gasteiger partial charge is 0.366 e. The number of pyridine rings is 1. The number of anilines is 1. The van der Waals surface area contributed by atoms with E-state index in [0.29, 0.717) is 0 Å². The maximum Gasteiger partial charge on any atom is 0.138 e. The average molecular weight is 244 g/mol. The quantitative estimate of drug-likeness (QED) is 0.770. The van der Waals surface area contributed by atoms with Crippen molar-refractivity contribution in [3.05, 3.63) is 46.7 Å². The van der Waals surface area contributed by atoms with Crippen molar-refractivity contribution in [1.29, 1.82) is 0 Å². The number of imidazole rings is 1. The van der Waals surface area contributed by atoms with E-state index in [9.17, 15) is 0 Å². The fraction of sp³-hybridized carbons (Fsp3) is 0.167. The molecule has 1 N–H and O–H groups in total. The molecule has 0 spiro atoms. The highest BCUT2D eigenvalue weighted by Gasteiger charge is 2.03. The molecule has 0 aliphatic rings. The van der Waals surface area contributed by atoms with Gasteiger partial charge in [-0.2, -0.15) is 0 Å². The fourth-order valence-corrected chi connectivity index (χ4v) is 2.48. The van der Waals surface area contributed by atoms with Crippen LogP contribution in [0, 0.1) is 6.92 Å². The van der Waals surface area contributed by atoms with E-state index in [1.54, 1.807) is 17.5 Å². The molecule has 5 heteroatoms. The van der Waals surface area contributed by atoms with Crippen LogP contribution in [0.15, 0.2) is 36.1 Å². The minimum absolute atomic E-state index is 0.799. The average Bonchev–Trinajstić information content (AvgIpc) is 2.95. The molecule has 0 amide bonds. The standard InChI is InChI=1S/C12H12N4S/c1-9-10(17-8-15-9)7-14-12-4-2-3-11-13-5-6-16(11)12/h2-6,8,14H,7H2,1H3. The Kier molecular flexibility index (Phi) is 2.53. The van der Waals surface area contributed by atoms with E-state index in [0.717, 1.165) is 23.7 Å². The van der Waals surface area contributed by atoms with Gasteiger partial charge in [0, 0.05) is 17.3 Å². The summed E-state index contributed by atoms with van der Waals surface area (Å²) in [7, 11) is 0. The van der Waals surface area contributed by atoms with Crippen molar-refractivity contribution in [2.45, 2.75) is 13.5 Å². The van der Waals surface area contributed by atoms with E-state index in [1.807, 2.05) is 41.2 Å². The van der Waals surface area contributed by atoms with Crippen LogP contribution in [0.2, 0.25) is 0 Å². The van der Waals surface area contributed by atoms with Gasteiger partial charge in [-0.1, -0.05) is 6.07 Å². The summed E-state index contributed by atoms with van der Waals surface area (Å²) in [4.78, 5) is 9.76. The summed E-state index contributed by atoms with van der Waals surface area (Å²) in [5.41, 5.74) is 3.93. The molecule has 3 aromatic heterocycles. The van der Waals surface area contributed by atoms with Gasteiger partial charge in [0.05, 0.1) is 17.7 Å². The Morgan fingerprint density at radius 1 is 1.35 bits per heavy atom. The number of nitrogens with one attached hydrogen (secondary N) is 1. The maximum atomic E-state index is 4.26. The Bertz CT molecular complexity index is 641. The molecular weight excluding hydrogens is 232 g/mol. The van der Waals surface area contributed by atoms with Crippen LogP contribution in [0.4, 0.5) is 5.82 Å². The molecule has 0 saturated heterocycles. The summed E-state index contributed by atoms with van der Waals surface area (Å²) in [6, 6.07) is 6.04. The van der Waals surface area contributed by atoms with Gasteiger partial charge in [0.1, 0.15) is 11.5 Å². The van der Waals surface area contributed by atoms with Crippen molar-refractivity contribution >= 4 is 22.8 Å². The van der Waals surface area contributed by atoms with Gasteiger partial charge in [-0.3, -0.25) is 4.40 Å².